The zero-order valence-corrected chi connectivity index (χ0v) is 21.2. The largest absolute Gasteiger partial charge is 0.872 e. The third-order valence-corrected chi connectivity index (χ3v) is 7.26. The first-order valence-electron chi connectivity index (χ1n) is 11.8. The first-order chi connectivity index (χ1) is 16.8. The van der Waals surface area contributed by atoms with E-state index in [1.165, 1.54) is 9.80 Å². The molecule has 1 atom stereocenters. The van der Waals surface area contributed by atoms with E-state index in [0.717, 1.165) is 19.6 Å². The topological polar surface area (TPSA) is 83.3 Å². The molecule has 2 heterocycles. The Hall–Kier alpha value is -2.74. The van der Waals surface area contributed by atoms with Crippen molar-refractivity contribution in [3.8, 4) is 11.5 Å². The van der Waals surface area contributed by atoms with E-state index in [1.807, 2.05) is 0 Å². The van der Waals surface area contributed by atoms with Crippen LogP contribution in [0.2, 0.25) is 10.0 Å². The number of quaternary nitrogens is 1. The molecule has 186 valence electrons. The van der Waals surface area contributed by atoms with Crippen LogP contribution < -0.4 is 19.5 Å². The monoisotopic (exact) mass is 518 g/mol. The van der Waals surface area contributed by atoms with Gasteiger partial charge in [-0.3, -0.25) is 9.59 Å². The average molecular weight is 519 g/mol. The van der Waals surface area contributed by atoms with Crippen molar-refractivity contribution in [1.29, 1.82) is 0 Å². The molecule has 7 nitrogen and oxygen atoms in total. The third-order valence-electron chi connectivity index (χ3n) is 6.52. The van der Waals surface area contributed by atoms with Crippen LogP contribution in [0.25, 0.3) is 5.76 Å². The summed E-state index contributed by atoms with van der Waals surface area (Å²) in [7, 11) is 0. The van der Waals surface area contributed by atoms with Gasteiger partial charge in [0.15, 0.2) is 11.5 Å². The number of hydrogen-bond acceptors (Lipinski definition) is 5. The Kier molecular flexibility index (Phi) is 7.89. The summed E-state index contributed by atoms with van der Waals surface area (Å²) in [6.45, 7) is 8.15. The zero-order chi connectivity index (χ0) is 25.1. The van der Waals surface area contributed by atoms with Crippen LogP contribution in [0.1, 0.15) is 37.4 Å². The van der Waals surface area contributed by atoms with Gasteiger partial charge < -0.3 is 24.4 Å². The first-order valence-corrected chi connectivity index (χ1v) is 12.6. The summed E-state index contributed by atoms with van der Waals surface area (Å²) in [5, 5.41) is 14.3. The highest BCUT2D eigenvalue weighted by Crippen LogP contribution is 2.41. The summed E-state index contributed by atoms with van der Waals surface area (Å²) < 4.78 is 11.1. The van der Waals surface area contributed by atoms with E-state index in [9.17, 15) is 14.7 Å². The fourth-order valence-electron chi connectivity index (χ4n) is 4.57. The Morgan fingerprint density at radius 3 is 2.43 bits per heavy atom. The number of Topliss-reactive ketones (excluding diaryl/α,β-unsaturated/α-hetero) is 1. The number of nitrogens with one attached hydrogen (secondary N) is 1. The standard InChI is InChI=1S/C26H28Cl2N2O5/c1-3-29(4-2)10-5-11-30-23(16-6-8-18(27)19(28)14-16)22(25(32)26(30)33)24(31)17-7-9-20-21(15-17)35-13-12-34-20/h6-9,14-15,23,31H,3-5,10-13H2,1-2H3/b24-22+. The molecule has 0 spiro atoms. The maximum atomic E-state index is 13.6. The van der Waals surface area contributed by atoms with Gasteiger partial charge in [0, 0.05) is 18.5 Å². The predicted molar refractivity (Wildman–Crippen MR) is 132 cm³/mol. The second kappa shape index (κ2) is 10.9. The molecule has 0 radical (unpaired) electrons. The lowest BCUT2D eigenvalue weighted by Crippen LogP contribution is -3.11. The third kappa shape index (κ3) is 5.13. The van der Waals surface area contributed by atoms with E-state index in [0.29, 0.717) is 48.3 Å². The lowest BCUT2D eigenvalue weighted by Gasteiger charge is -2.28. The van der Waals surface area contributed by atoms with E-state index >= 15 is 0 Å². The van der Waals surface area contributed by atoms with Crippen LogP contribution in [-0.2, 0) is 9.59 Å². The van der Waals surface area contributed by atoms with Crippen molar-refractivity contribution in [2.75, 3.05) is 39.4 Å². The molecule has 2 aliphatic rings. The Balaban J connectivity index is 1.75. The van der Waals surface area contributed by atoms with Crippen LogP contribution in [0.15, 0.2) is 42.0 Å². The second-order valence-electron chi connectivity index (χ2n) is 8.57. The number of fused-ring (bicyclic) bond motifs is 1. The number of carbonyl (C=O) groups excluding carboxylic acids is 2. The van der Waals surface area contributed by atoms with Gasteiger partial charge in [0.1, 0.15) is 13.2 Å². The van der Waals surface area contributed by atoms with Gasteiger partial charge in [-0.2, -0.15) is 0 Å². The molecule has 2 aromatic carbocycles. The van der Waals surface area contributed by atoms with Crippen molar-refractivity contribution in [1.82, 2.24) is 4.90 Å². The maximum absolute atomic E-state index is 13.6. The number of amides is 1. The van der Waals surface area contributed by atoms with Gasteiger partial charge >= 0.3 is 0 Å². The van der Waals surface area contributed by atoms with Crippen LogP contribution in [0, 0.1) is 0 Å². The Morgan fingerprint density at radius 1 is 1.03 bits per heavy atom. The van der Waals surface area contributed by atoms with Crippen molar-refractivity contribution < 1.29 is 29.1 Å². The molecule has 1 amide bonds. The number of likely N-dealkylation sites (tertiary alicyclic amines) is 1. The molecule has 1 unspecified atom stereocenters. The summed E-state index contributed by atoms with van der Waals surface area (Å²) in [5.41, 5.74) is 0.722. The van der Waals surface area contributed by atoms with Gasteiger partial charge in [-0.05, 0) is 49.2 Å². The van der Waals surface area contributed by atoms with Crippen molar-refractivity contribution in [3.05, 3.63) is 63.1 Å². The molecule has 0 saturated carbocycles. The molecule has 1 saturated heterocycles. The number of halogens is 2. The molecule has 9 heteroatoms. The summed E-state index contributed by atoms with van der Waals surface area (Å²) in [4.78, 5) is 29.2. The summed E-state index contributed by atoms with van der Waals surface area (Å²) >= 11 is 12.4. The molecule has 2 aliphatic heterocycles. The number of carbonyl (C=O) groups is 2. The van der Waals surface area contributed by atoms with Crippen LogP contribution in [0.5, 0.6) is 11.5 Å². The summed E-state index contributed by atoms with van der Waals surface area (Å²) in [6, 6.07) is 8.85. The molecule has 1 fully saturated rings. The molecule has 35 heavy (non-hydrogen) atoms. The van der Waals surface area contributed by atoms with Gasteiger partial charge in [-0.25, -0.2) is 0 Å². The highest BCUT2D eigenvalue weighted by atomic mass is 35.5. The number of hydrogen-bond donors (Lipinski definition) is 1. The predicted octanol–water partition coefficient (Wildman–Crippen LogP) is 2.30. The van der Waals surface area contributed by atoms with Crippen molar-refractivity contribution in [3.63, 3.8) is 0 Å². The van der Waals surface area contributed by atoms with Gasteiger partial charge in [0.05, 0.1) is 35.7 Å². The van der Waals surface area contributed by atoms with Crippen LogP contribution >= 0.6 is 23.2 Å². The van der Waals surface area contributed by atoms with Crippen molar-refractivity contribution in [2.45, 2.75) is 26.3 Å². The molecule has 2 aromatic rings. The fraction of sp³-hybridized carbons (Fsp3) is 0.385. The van der Waals surface area contributed by atoms with Gasteiger partial charge in [0.25, 0.3) is 5.91 Å². The smallest absolute Gasteiger partial charge is 0.295 e. The van der Waals surface area contributed by atoms with E-state index in [2.05, 4.69) is 13.8 Å². The molecular formula is C26H28Cl2N2O5. The van der Waals surface area contributed by atoms with Crippen LogP contribution in [0.3, 0.4) is 0 Å². The number of ketones is 1. The highest BCUT2D eigenvalue weighted by molar-refractivity contribution is 6.46. The van der Waals surface area contributed by atoms with Gasteiger partial charge in [-0.15, -0.1) is 0 Å². The number of nitrogens with zero attached hydrogens (tertiary/aromatic N) is 1. The van der Waals surface area contributed by atoms with Gasteiger partial charge in [-0.1, -0.05) is 41.1 Å². The highest BCUT2D eigenvalue weighted by Gasteiger charge is 2.44. The Morgan fingerprint density at radius 2 is 1.74 bits per heavy atom. The summed E-state index contributed by atoms with van der Waals surface area (Å²) in [6.07, 6.45) is 0.694. The van der Waals surface area contributed by atoms with Crippen LogP contribution in [-0.4, -0.2) is 56.0 Å². The lowest BCUT2D eigenvalue weighted by atomic mass is 9.95. The number of benzene rings is 2. The second-order valence-corrected chi connectivity index (χ2v) is 9.38. The molecule has 4 rings (SSSR count). The normalized spacial score (nSPS) is 19.0. The van der Waals surface area contributed by atoms with Crippen LogP contribution in [0.4, 0.5) is 0 Å². The van der Waals surface area contributed by atoms with E-state index < -0.39 is 23.5 Å². The average Bonchev–Trinajstić information content (AvgIpc) is 3.12. The van der Waals surface area contributed by atoms with E-state index in [-0.39, 0.29) is 16.2 Å². The SMILES string of the molecule is CC[NH+](CC)CCCN1C(=O)C(=O)/C(=C(/[O-])c2ccc3c(c2)OCCO3)C1c1ccc(Cl)c(Cl)c1. The minimum absolute atomic E-state index is 0.0970. The van der Waals surface area contributed by atoms with Gasteiger partial charge in [0.2, 0.25) is 5.78 Å². The minimum Gasteiger partial charge on any atom is -0.872 e. The van der Waals surface area contributed by atoms with Crippen molar-refractivity contribution in [2.24, 2.45) is 0 Å². The minimum atomic E-state index is -0.850. The quantitative estimate of drug-likeness (QED) is 0.329. The lowest BCUT2D eigenvalue weighted by molar-refractivity contribution is -0.896. The Labute approximate surface area is 214 Å². The zero-order valence-electron chi connectivity index (χ0n) is 19.7. The fourth-order valence-corrected chi connectivity index (χ4v) is 4.88. The maximum Gasteiger partial charge on any atom is 0.295 e. The van der Waals surface area contributed by atoms with E-state index in [4.69, 9.17) is 32.7 Å². The molecule has 0 aromatic heterocycles. The molecule has 0 bridgehead atoms. The van der Waals surface area contributed by atoms with E-state index in [1.54, 1.807) is 36.4 Å². The molecular weight excluding hydrogens is 491 g/mol. The Bertz CT molecular complexity index is 1160. The van der Waals surface area contributed by atoms with Crippen molar-refractivity contribution >= 4 is 40.7 Å². The number of ether oxygens (including phenoxy) is 2. The molecule has 0 aliphatic carbocycles. The number of rotatable bonds is 8. The molecule has 1 N–H and O–H groups in total. The summed E-state index contributed by atoms with van der Waals surface area (Å²) in [5.74, 6) is -1.03. The first kappa shape index (κ1) is 25.4.